The predicted molar refractivity (Wildman–Crippen MR) is 102 cm³/mol. The molecule has 1 saturated heterocycles. The molecule has 1 fully saturated rings. The number of benzene rings is 1. The van der Waals surface area contributed by atoms with E-state index in [-0.39, 0.29) is 6.61 Å². The van der Waals surface area contributed by atoms with Crippen LogP contribution in [0, 0.1) is 0 Å². The summed E-state index contributed by atoms with van der Waals surface area (Å²) in [6.07, 6.45) is 4.89. The molecule has 1 aliphatic heterocycles. The van der Waals surface area contributed by atoms with Gasteiger partial charge in [0.2, 0.25) is 0 Å². The Hall–Kier alpha value is -1.89. The van der Waals surface area contributed by atoms with Gasteiger partial charge >= 0.3 is 0 Å². The maximum absolute atomic E-state index is 9.52. The number of nitrogens with zero attached hydrogens (tertiary/aromatic N) is 4. The van der Waals surface area contributed by atoms with Crippen LogP contribution in [-0.4, -0.2) is 64.1 Å². The lowest BCUT2D eigenvalue weighted by molar-refractivity contribution is 0.0499. The van der Waals surface area contributed by atoms with Gasteiger partial charge in [0.25, 0.3) is 0 Å². The number of aliphatic hydroxyl groups is 1. The fourth-order valence-corrected chi connectivity index (χ4v) is 3.66. The average Bonchev–Trinajstić information content (AvgIpc) is 3.12. The van der Waals surface area contributed by atoms with Crippen molar-refractivity contribution in [3.63, 3.8) is 0 Å². The van der Waals surface area contributed by atoms with Gasteiger partial charge in [0.15, 0.2) is 0 Å². The first-order valence-corrected chi connectivity index (χ1v) is 9.43. The van der Waals surface area contributed by atoms with E-state index in [0.717, 1.165) is 51.4 Å². The Morgan fingerprint density at radius 3 is 2.85 bits per heavy atom. The van der Waals surface area contributed by atoms with Crippen molar-refractivity contribution in [2.45, 2.75) is 39.0 Å². The normalized spacial score (nSPS) is 19.0. The van der Waals surface area contributed by atoms with Crippen LogP contribution in [0.1, 0.15) is 24.5 Å². The molecule has 0 unspecified atom stereocenters. The summed E-state index contributed by atoms with van der Waals surface area (Å²) in [6.45, 7) is 8.06. The van der Waals surface area contributed by atoms with Crippen LogP contribution in [-0.2, 0) is 19.6 Å². The maximum atomic E-state index is 9.52. The minimum absolute atomic E-state index is 0.223. The van der Waals surface area contributed by atoms with E-state index in [2.05, 4.69) is 40.2 Å². The molecule has 2 aromatic rings. The smallest absolute Gasteiger partial charge is 0.119 e. The van der Waals surface area contributed by atoms with E-state index in [1.54, 1.807) is 7.11 Å². The molecule has 1 N–H and O–H groups in total. The number of hydrogen-bond acceptors (Lipinski definition) is 5. The third kappa shape index (κ3) is 4.84. The Morgan fingerprint density at radius 2 is 2.12 bits per heavy atom. The van der Waals surface area contributed by atoms with E-state index in [1.807, 2.05) is 23.0 Å². The summed E-state index contributed by atoms with van der Waals surface area (Å²) < 4.78 is 7.31. The summed E-state index contributed by atoms with van der Waals surface area (Å²) in [6, 6.07) is 8.62. The van der Waals surface area contributed by atoms with E-state index >= 15 is 0 Å². The average molecular weight is 358 g/mol. The van der Waals surface area contributed by atoms with Crippen molar-refractivity contribution in [2.24, 2.45) is 0 Å². The first-order chi connectivity index (χ1) is 12.7. The van der Waals surface area contributed by atoms with Crippen LogP contribution in [0.25, 0.3) is 0 Å². The molecule has 26 heavy (non-hydrogen) atoms. The molecule has 1 aliphatic rings. The highest BCUT2D eigenvalue weighted by molar-refractivity contribution is 5.28. The van der Waals surface area contributed by atoms with Gasteiger partial charge in [-0.15, -0.1) is 0 Å². The molecule has 6 nitrogen and oxygen atoms in total. The Labute approximate surface area is 156 Å². The molecule has 1 aromatic carbocycles. The van der Waals surface area contributed by atoms with E-state index in [0.29, 0.717) is 6.04 Å². The number of rotatable bonds is 8. The Bertz CT molecular complexity index is 688. The molecule has 0 saturated carbocycles. The van der Waals surface area contributed by atoms with E-state index < -0.39 is 0 Å². The molecule has 0 spiro atoms. The first-order valence-electron chi connectivity index (χ1n) is 9.43. The zero-order valence-electron chi connectivity index (χ0n) is 15.8. The Morgan fingerprint density at radius 1 is 1.23 bits per heavy atom. The van der Waals surface area contributed by atoms with E-state index in [1.165, 1.54) is 11.1 Å². The second-order valence-corrected chi connectivity index (χ2v) is 6.93. The minimum atomic E-state index is 0.223. The molecular formula is C20H30N4O2. The minimum Gasteiger partial charge on any atom is -0.497 e. The summed E-state index contributed by atoms with van der Waals surface area (Å²) in [4.78, 5) is 4.95. The fraction of sp³-hybridized carbons (Fsp3) is 0.550. The van der Waals surface area contributed by atoms with Gasteiger partial charge in [0.05, 0.1) is 13.3 Å². The molecule has 142 valence electrons. The van der Waals surface area contributed by atoms with Gasteiger partial charge in [0.1, 0.15) is 5.75 Å². The molecule has 0 amide bonds. The van der Waals surface area contributed by atoms with Crippen molar-refractivity contribution in [3.05, 3.63) is 47.8 Å². The molecule has 0 radical (unpaired) electrons. The highest BCUT2D eigenvalue weighted by Gasteiger charge is 2.26. The third-order valence-electron chi connectivity index (χ3n) is 5.09. The number of hydrogen-bond donors (Lipinski definition) is 1. The van der Waals surface area contributed by atoms with Crippen LogP contribution in [0.4, 0.5) is 0 Å². The number of aliphatic hydroxyl groups excluding tert-OH is 1. The first kappa shape index (κ1) is 18.9. The largest absolute Gasteiger partial charge is 0.497 e. The van der Waals surface area contributed by atoms with Crippen LogP contribution in [0.3, 0.4) is 0 Å². The van der Waals surface area contributed by atoms with Crippen molar-refractivity contribution in [2.75, 3.05) is 33.4 Å². The molecule has 2 heterocycles. The summed E-state index contributed by atoms with van der Waals surface area (Å²) in [7, 11) is 1.70. The lowest BCUT2D eigenvalue weighted by Crippen LogP contribution is -2.52. The SMILES string of the molecule is CCn1cc(CN2CCN(Cc3cccc(OC)c3)[C@@H](CCO)C2)cn1. The van der Waals surface area contributed by atoms with Gasteiger partial charge in [-0.3, -0.25) is 14.5 Å². The Balaban J connectivity index is 1.61. The lowest BCUT2D eigenvalue weighted by Gasteiger charge is -2.41. The molecule has 3 rings (SSSR count). The van der Waals surface area contributed by atoms with Gasteiger partial charge in [-0.25, -0.2) is 0 Å². The second-order valence-electron chi connectivity index (χ2n) is 6.93. The van der Waals surface area contributed by atoms with Crippen LogP contribution < -0.4 is 4.74 Å². The summed E-state index contributed by atoms with van der Waals surface area (Å²) in [5.41, 5.74) is 2.51. The van der Waals surface area contributed by atoms with E-state index in [9.17, 15) is 5.11 Å². The molecule has 1 atom stereocenters. The van der Waals surface area contributed by atoms with Gasteiger partial charge in [-0.05, 0) is 31.0 Å². The number of methoxy groups -OCH3 is 1. The summed E-state index contributed by atoms with van der Waals surface area (Å²) in [5, 5.41) is 13.9. The molecule has 0 bridgehead atoms. The van der Waals surface area contributed by atoms with Crippen molar-refractivity contribution in [1.82, 2.24) is 19.6 Å². The van der Waals surface area contributed by atoms with Gasteiger partial charge in [-0.1, -0.05) is 12.1 Å². The topological polar surface area (TPSA) is 53.8 Å². The van der Waals surface area contributed by atoms with Crippen molar-refractivity contribution in [1.29, 1.82) is 0 Å². The third-order valence-corrected chi connectivity index (χ3v) is 5.09. The Kier molecular flexibility index (Phi) is 6.66. The number of ether oxygens (including phenoxy) is 1. The monoisotopic (exact) mass is 358 g/mol. The van der Waals surface area contributed by atoms with Crippen LogP contribution in [0.2, 0.25) is 0 Å². The van der Waals surface area contributed by atoms with Crippen molar-refractivity contribution >= 4 is 0 Å². The van der Waals surface area contributed by atoms with Gasteiger partial charge in [0, 0.05) is 63.7 Å². The standard InChI is InChI=1S/C20H30N4O2/c1-3-24-15-18(12-21-24)13-22-8-9-23(19(16-22)7-10-25)14-17-5-4-6-20(11-17)26-2/h4-6,11-12,15,19,25H,3,7-10,13-14,16H2,1-2H3/t19-/m0/s1. The van der Waals surface area contributed by atoms with Gasteiger partial charge in [-0.2, -0.15) is 5.10 Å². The van der Waals surface area contributed by atoms with E-state index in [4.69, 9.17) is 4.74 Å². The molecular weight excluding hydrogens is 328 g/mol. The van der Waals surface area contributed by atoms with Crippen LogP contribution >= 0.6 is 0 Å². The molecule has 1 aromatic heterocycles. The molecule has 0 aliphatic carbocycles. The van der Waals surface area contributed by atoms with Crippen molar-refractivity contribution < 1.29 is 9.84 Å². The summed E-state index contributed by atoms with van der Waals surface area (Å²) >= 11 is 0. The number of aryl methyl sites for hydroxylation is 1. The van der Waals surface area contributed by atoms with Crippen LogP contribution in [0.5, 0.6) is 5.75 Å². The zero-order chi connectivity index (χ0) is 18.4. The maximum Gasteiger partial charge on any atom is 0.119 e. The van der Waals surface area contributed by atoms with Gasteiger partial charge < -0.3 is 9.84 Å². The highest BCUT2D eigenvalue weighted by Crippen LogP contribution is 2.20. The lowest BCUT2D eigenvalue weighted by atomic mass is 10.1. The quantitative estimate of drug-likeness (QED) is 0.782. The highest BCUT2D eigenvalue weighted by atomic mass is 16.5. The van der Waals surface area contributed by atoms with Crippen molar-refractivity contribution in [3.8, 4) is 5.75 Å². The number of piperazine rings is 1. The summed E-state index contributed by atoms with van der Waals surface area (Å²) in [5.74, 6) is 0.896. The number of aromatic nitrogens is 2. The zero-order valence-corrected chi connectivity index (χ0v) is 15.8. The van der Waals surface area contributed by atoms with Crippen LogP contribution in [0.15, 0.2) is 36.7 Å². The fourth-order valence-electron chi connectivity index (χ4n) is 3.66. The molecule has 6 heteroatoms. The second kappa shape index (κ2) is 9.16. The predicted octanol–water partition coefficient (Wildman–Crippen LogP) is 1.98.